The molecular formula is C16H36N2O. The zero-order chi connectivity index (χ0) is 14.7. The molecule has 0 bridgehead atoms. The normalized spacial score (nSPS) is 14.1. The van der Waals surface area contributed by atoms with E-state index >= 15 is 0 Å². The fourth-order valence-corrected chi connectivity index (χ4v) is 2.10. The average molecular weight is 272 g/mol. The zero-order valence-electron chi connectivity index (χ0n) is 14.1. The van der Waals surface area contributed by atoms with Gasteiger partial charge in [0.1, 0.15) is 0 Å². The van der Waals surface area contributed by atoms with Crippen molar-refractivity contribution in [3.63, 3.8) is 0 Å². The van der Waals surface area contributed by atoms with Crippen molar-refractivity contribution < 1.29 is 4.74 Å². The van der Waals surface area contributed by atoms with Gasteiger partial charge in [0.05, 0.1) is 6.61 Å². The standard InChI is InChI=1S/C16H36N2O/c1-7-15(2)18(13-14-19-6)12-10-8-9-11-17-16(3,4)5/h15,17H,7-14H2,1-6H3. The van der Waals surface area contributed by atoms with Gasteiger partial charge in [-0.1, -0.05) is 13.3 Å². The summed E-state index contributed by atoms with van der Waals surface area (Å²) in [6.45, 7) is 15.5. The van der Waals surface area contributed by atoms with Crippen LogP contribution in [-0.2, 0) is 4.74 Å². The highest BCUT2D eigenvalue weighted by Gasteiger charge is 2.11. The highest BCUT2D eigenvalue weighted by molar-refractivity contribution is 4.70. The lowest BCUT2D eigenvalue weighted by atomic mass is 10.1. The van der Waals surface area contributed by atoms with E-state index in [1.807, 2.05) is 0 Å². The van der Waals surface area contributed by atoms with E-state index in [1.54, 1.807) is 7.11 Å². The maximum atomic E-state index is 5.20. The Kier molecular flexibility index (Phi) is 10.6. The molecule has 0 radical (unpaired) electrons. The third-order valence-electron chi connectivity index (χ3n) is 3.57. The quantitative estimate of drug-likeness (QED) is 0.584. The van der Waals surface area contributed by atoms with Crippen LogP contribution in [0.2, 0.25) is 0 Å². The molecule has 0 aromatic carbocycles. The largest absolute Gasteiger partial charge is 0.383 e. The number of hydrogen-bond acceptors (Lipinski definition) is 3. The first-order valence-corrected chi connectivity index (χ1v) is 7.88. The molecular weight excluding hydrogens is 236 g/mol. The number of ether oxygens (including phenoxy) is 1. The van der Waals surface area contributed by atoms with Gasteiger partial charge in [0.15, 0.2) is 0 Å². The molecule has 116 valence electrons. The summed E-state index contributed by atoms with van der Waals surface area (Å²) in [5.41, 5.74) is 0.251. The molecule has 0 aliphatic heterocycles. The van der Waals surface area contributed by atoms with Gasteiger partial charge in [-0.3, -0.25) is 4.90 Å². The molecule has 0 aromatic rings. The molecule has 1 N–H and O–H groups in total. The van der Waals surface area contributed by atoms with Gasteiger partial charge in [0.25, 0.3) is 0 Å². The summed E-state index contributed by atoms with van der Waals surface area (Å²) in [6, 6.07) is 0.669. The first-order valence-electron chi connectivity index (χ1n) is 7.88. The average Bonchev–Trinajstić information content (AvgIpc) is 2.34. The second-order valence-corrected chi connectivity index (χ2v) is 6.52. The van der Waals surface area contributed by atoms with Crippen molar-refractivity contribution in [2.24, 2.45) is 0 Å². The number of methoxy groups -OCH3 is 1. The third-order valence-corrected chi connectivity index (χ3v) is 3.57. The van der Waals surface area contributed by atoms with Gasteiger partial charge >= 0.3 is 0 Å². The van der Waals surface area contributed by atoms with Crippen LogP contribution in [0, 0.1) is 0 Å². The highest BCUT2D eigenvalue weighted by Crippen LogP contribution is 2.07. The van der Waals surface area contributed by atoms with Gasteiger partial charge in [-0.05, 0) is 60.0 Å². The van der Waals surface area contributed by atoms with Crippen LogP contribution in [0.3, 0.4) is 0 Å². The van der Waals surface area contributed by atoms with Crippen LogP contribution < -0.4 is 5.32 Å². The number of nitrogens with one attached hydrogen (secondary N) is 1. The summed E-state index contributed by atoms with van der Waals surface area (Å²) in [7, 11) is 1.78. The first kappa shape index (κ1) is 18.9. The molecule has 0 heterocycles. The zero-order valence-corrected chi connectivity index (χ0v) is 14.1. The Morgan fingerprint density at radius 1 is 1.11 bits per heavy atom. The monoisotopic (exact) mass is 272 g/mol. The van der Waals surface area contributed by atoms with Crippen molar-refractivity contribution in [1.82, 2.24) is 10.2 Å². The summed E-state index contributed by atoms with van der Waals surface area (Å²) >= 11 is 0. The van der Waals surface area contributed by atoms with E-state index in [1.165, 1.54) is 32.2 Å². The summed E-state index contributed by atoms with van der Waals surface area (Å²) in [6.07, 6.45) is 5.09. The van der Waals surface area contributed by atoms with E-state index in [0.717, 1.165) is 19.7 Å². The molecule has 3 heteroatoms. The molecule has 0 saturated heterocycles. The topological polar surface area (TPSA) is 24.5 Å². The number of unbranched alkanes of at least 4 members (excludes halogenated alkanes) is 2. The lowest BCUT2D eigenvalue weighted by molar-refractivity contribution is 0.121. The van der Waals surface area contributed by atoms with Gasteiger partial charge < -0.3 is 10.1 Å². The smallest absolute Gasteiger partial charge is 0.0589 e. The van der Waals surface area contributed by atoms with Crippen LogP contribution in [0.15, 0.2) is 0 Å². The lowest BCUT2D eigenvalue weighted by Crippen LogP contribution is -2.37. The molecule has 0 fully saturated rings. The van der Waals surface area contributed by atoms with E-state index in [0.29, 0.717) is 6.04 Å². The fraction of sp³-hybridized carbons (Fsp3) is 1.00. The summed E-state index contributed by atoms with van der Waals surface area (Å²) < 4.78 is 5.20. The SMILES string of the molecule is CCC(C)N(CCCCCNC(C)(C)C)CCOC. The molecule has 19 heavy (non-hydrogen) atoms. The molecule has 0 aliphatic rings. The molecule has 0 spiro atoms. The Morgan fingerprint density at radius 2 is 1.79 bits per heavy atom. The molecule has 1 unspecified atom stereocenters. The predicted molar refractivity (Wildman–Crippen MR) is 84.8 cm³/mol. The van der Waals surface area contributed by atoms with Crippen molar-refractivity contribution in [1.29, 1.82) is 0 Å². The van der Waals surface area contributed by atoms with Gasteiger partial charge in [-0.15, -0.1) is 0 Å². The third kappa shape index (κ3) is 11.4. The second-order valence-electron chi connectivity index (χ2n) is 6.52. The number of nitrogens with zero attached hydrogens (tertiary/aromatic N) is 1. The van der Waals surface area contributed by atoms with Gasteiger partial charge in [-0.2, -0.15) is 0 Å². The van der Waals surface area contributed by atoms with Gasteiger partial charge in [0.2, 0.25) is 0 Å². The minimum Gasteiger partial charge on any atom is -0.383 e. The fourth-order valence-electron chi connectivity index (χ4n) is 2.10. The molecule has 0 aromatic heterocycles. The number of rotatable bonds is 11. The lowest BCUT2D eigenvalue weighted by Gasteiger charge is -2.28. The van der Waals surface area contributed by atoms with E-state index in [-0.39, 0.29) is 5.54 Å². The Morgan fingerprint density at radius 3 is 2.32 bits per heavy atom. The maximum Gasteiger partial charge on any atom is 0.0589 e. The minimum atomic E-state index is 0.251. The van der Waals surface area contributed by atoms with Crippen molar-refractivity contribution in [3.8, 4) is 0 Å². The van der Waals surface area contributed by atoms with E-state index in [9.17, 15) is 0 Å². The molecule has 1 atom stereocenters. The van der Waals surface area contributed by atoms with Crippen molar-refractivity contribution in [2.75, 3.05) is 33.4 Å². The van der Waals surface area contributed by atoms with Crippen LogP contribution in [0.4, 0.5) is 0 Å². The minimum absolute atomic E-state index is 0.251. The van der Waals surface area contributed by atoms with Crippen LogP contribution in [0.5, 0.6) is 0 Å². The van der Waals surface area contributed by atoms with E-state index in [2.05, 4.69) is 44.8 Å². The highest BCUT2D eigenvalue weighted by atomic mass is 16.5. The van der Waals surface area contributed by atoms with Crippen LogP contribution in [-0.4, -0.2) is 49.8 Å². The summed E-state index contributed by atoms with van der Waals surface area (Å²) in [4.78, 5) is 2.56. The summed E-state index contributed by atoms with van der Waals surface area (Å²) in [5, 5.41) is 3.54. The van der Waals surface area contributed by atoms with Crippen LogP contribution in [0.25, 0.3) is 0 Å². The Balaban J connectivity index is 3.68. The Bertz CT molecular complexity index is 201. The van der Waals surface area contributed by atoms with Crippen molar-refractivity contribution in [3.05, 3.63) is 0 Å². The molecule has 0 aliphatic carbocycles. The first-order chi connectivity index (χ1) is 8.90. The van der Waals surface area contributed by atoms with Crippen LogP contribution in [0.1, 0.15) is 60.3 Å². The van der Waals surface area contributed by atoms with E-state index in [4.69, 9.17) is 4.74 Å². The van der Waals surface area contributed by atoms with Crippen molar-refractivity contribution in [2.45, 2.75) is 71.9 Å². The predicted octanol–water partition coefficient (Wildman–Crippen LogP) is 3.29. The van der Waals surface area contributed by atoms with Crippen LogP contribution >= 0.6 is 0 Å². The maximum absolute atomic E-state index is 5.20. The molecule has 3 nitrogen and oxygen atoms in total. The number of hydrogen-bond donors (Lipinski definition) is 1. The Labute approximate surface area is 121 Å². The summed E-state index contributed by atoms with van der Waals surface area (Å²) in [5.74, 6) is 0. The molecule has 0 rings (SSSR count). The molecule has 0 saturated carbocycles. The van der Waals surface area contributed by atoms with Crippen molar-refractivity contribution >= 4 is 0 Å². The Hall–Kier alpha value is -0.120. The molecule has 0 amide bonds. The van der Waals surface area contributed by atoms with Gasteiger partial charge in [0, 0.05) is 25.2 Å². The van der Waals surface area contributed by atoms with E-state index < -0.39 is 0 Å². The second kappa shape index (κ2) is 10.6. The van der Waals surface area contributed by atoms with Gasteiger partial charge in [-0.25, -0.2) is 0 Å².